The molecule has 96 valence electrons. The number of carboxylic acids is 1. The number of carboxylic acid groups (broad SMARTS) is 1. The van der Waals surface area contributed by atoms with E-state index < -0.39 is 12.0 Å². The summed E-state index contributed by atoms with van der Waals surface area (Å²) in [6.07, 6.45) is 4.93. The van der Waals surface area contributed by atoms with Gasteiger partial charge in [0.15, 0.2) is 11.9 Å². The fourth-order valence-corrected chi connectivity index (χ4v) is 2.58. The first-order chi connectivity index (χ1) is 9.25. The number of hydrogen-bond acceptors (Lipinski definition) is 5. The molecule has 0 fully saturated rings. The van der Waals surface area contributed by atoms with Crippen molar-refractivity contribution in [2.24, 2.45) is 0 Å². The Balaban J connectivity index is 1.98. The normalized spacial score (nSPS) is 12.4. The number of fused-ring (bicyclic) bond motifs is 1. The number of anilines is 1. The second kappa shape index (κ2) is 4.69. The Hall–Kier alpha value is -2.41. The topological polar surface area (TPSA) is 79.5 Å². The molecule has 0 aliphatic heterocycles. The zero-order valence-corrected chi connectivity index (χ0v) is 10.5. The summed E-state index contributed by atoms with van der Waals surface area (Å²) in [6, 6.07) is 4.58. The van der Waals surface area contributed by atoms with E-state index in [2.05, 4.69) is 15.4 Å². The third kappa shape index (κ3) is 2.15. The summed E-state index contributed by atoms with van der Waals surface area (Å²) in [5, 5.41) is 18.2. The molecule has 7 heteroatoms. The zero-order valence-electron chi connectivity index (χ0n) is 9.72. The third-order valence-electron chi connectivity index (χ3n) is 2.68. The summed E-state index contributed by atoms with van der Waals surface area (Å²) in [6.45, 7) is 0. The maximum Gasteiger partial charge on any atom is 0.331 e. The summed E-state index contributed by atoms with van der Waals surface area (Å²) in [4.78, 5) is 16.3. The Morgan fingerprint density at radius 2 is 2.32 bits per heavy atom. The van der Waals surface area contributed by atoms with Gasteiger partial charge in [-0.05, 0) is 17.5 Å². The summed E-state index contributed by atoms with van der Waals surface area (Å²) < 4.78 is 1.64. The fourth-order valence-electron chi connectivity index (χ4n) is 1.82. The van der Waals surface area contributed by atoms with Crippen LogP contribution in [0.1, 0.15) is 10.9 Å². The van der Waals surface area contributed by atoms with Crippen LogP contribution in [-0.4, -0.2) is 25.7 Å². The smallest absolute Gasteiger partial charge is 0.331 e. The van der Waals surface area contributed by atoms with Crippen LogP contribution in [0.5, 0.6) is 0 Å². The summed E-state index contributed by atoms with van der Waals surface area (Å²) >= 11 is 1.39. The highest BCUT2D eigenvalue weighted by Crippen LogP contribution is 2.24. The molecule has 6 nitrogen and oxygen atoms in total. The summed E-state index contributed by atoms with van der Waals surface area (Å²) in [5.41, 5.74) is 0.741. The number of rotatable bonds is 4. The first-order valence-corrected chi connectivity index (χ1v) is 6.45. The van der Waals surface area contributed by atoms with Crippen molar-refractivity contribution in [1.29, 1.82) is 0 Å². The molecule has 1 unspecified atom stereocenters. The molecule has 0 amide bonds. The standard InChI is InChI=1S/C12H10N4O2S/c17-12(18)10(9-2-1-7-19-9)15-11-8-3-4-14-16(8)6-5-13-11/h1-7,10H,(H,13,15)(H,17,18). The Bertz CT molecular complexity index is 707. The van der Waals surface area contributed by atoms with Crippen LogP contribution in [0.2, 0.25) is 0 Å². The lowest BCUT2D eigenvalue weighted by Crippen LogP contribution is -2.20. The Labute approximate surface area is 112 Å². The Morgan fingerprint density at radius 3 is 3.05 bits per heavy atom. The monoisotopic (exact) mass is 274 g/mol. The van der Waals surface area contributed by atoms with Gasteiger partial charge in [-0.1, -0.05) is 6.07 Å². The van der Waals surface area contributed by atoms with E-state index in [-0.39, 0.29) is 0 Å². The van der Waals surface area contributed by atoms with E-state index in [1.807, 2.05) is 11.4 Å². The van der Waals surface area contributed by atoms with Crippen molar-refractivity contribution < 1.29 is 9.90 Å². The van der Waals surface area contributed by atoms with Gasteiger partial charge in [-0.25, -0.2) is 14.3 Å². The van der Waals surface area contributed by atoms with Crippen LogP contribution in [-0.2, 0) is 4.79 Å². The van der Waals surface area contributed by atoms with Crippen molar-refractivity contribution in [3.63, 3.8) is 0 Å². The van der Waals surface area contributed by atoms with Gasteiger partial charge in [-0.3, -0.25) is 0 Å². The number of aliphatic carboxylic acids is 1. The number of carbonyl (C=O) groups is 1. The lowest BCUT2D eigenvalue weighted by molar-refractivity contribution is -0.138. The predicted octanol–water partition coefficient (Wildman–Crippen LogP) is 2.03. The van der Waals surface area contributed by atoms with Gasteiger partial charge < -0.3 is 10.4 Å². The Kier molecular flexibility index (Phi) is 2.88. The molecular weight excluding hydrogens is 264 g/mol. The lowest BCUT2D eigenvalue weighted by atomic mass is 10.2. The number of nitrogens with zero attached hydrogens (tertiary/aromatic N) is 3. The Morgan fingerprint density at radius 1 is 1.42 bits per heavy atom. The molecular formula is C12H10N4O2S. The van der Waals surface area contributed by atoms with Crippen LogP contribution < -0.4 is 5.32 Å². The number of aromatic nitrogens is 3. The van der Waals surface area contributed by atoms with Gasteiger partial charge in [0.25, 0.3) is 0 Å². The number of nitrogens with one attached hydrogen (secondary N) is 1. The minimum atomic E-state index is -0.939. The van der Waals surface area contributed by atoms with E-state index >= 15 is 0 Å². The quantitative estimate of drug-likeness (QED) is 0.761. The second-order valence-corrected chi connectivity index (χ2v) is 4.85. The largest absolute Gasteiger partial charge is 0.479 e. The van der Waals surface area contributed by atoms with Gasteiger partial charge in [-0.2, -0.15) is 5.10 Å². The molecule has 0 aromatic carbocycles. The van der Waals surface area contributed by atoms with Crippen LogP contribution in [0.15, 0.2) is 42.2 Å². The van der Waals surface area contributed by atoms with Crippen LogP contribution in [0, 0.1) is 0 Å². The third-order valence-corrected chi connectivity index (χ3v) is 3.62. The van der Waals surface area contributed by atoms with Gasteiger partial charge in [0, 0.05) is 17.3 Å². The van der Waals surface area contributed by atoms with Crippen molar-refractivity contribution in [1.82, 2.24) is 14.6 Å². The molecule has 0 radical (unpaired) electrons. The van der Waals surface area contributed by atoms with Gasteiger partial charge in [0.2, 0.25) is 0 Å². The predicted molar refractivity (Wildman–Crippen MR) is 71.3 cm³/mol. The van der Waals surface area contributed by atoms with Crippen molar-refractivity contribution in [2.75, 3.05) is 5.32 Å². The molecule has 2 N–H and O–H groups in total. The highest BCUT2D eigenvalue weighted by molar-refractivity contribution is 7.10. The van der Waals surface area contributed by atoms with Crippen LogP contribution >= 0.6 is 11.3 Å². The molecule has 0 saturated heterocycles. The SMILES string of the molecule is O=C(O)C(Nc1nccn2nccc12)c1cccs1. The van der Waals surface area contributed by atoms with E-state index in [0.717, 1.165) is 10.4 Å². The highest BCUT2D eigenvalue weighted by Gasteiger charge is 2.22. The van der Waals surface area contributed by atoms with Gasteiger partial charge in [-0.15, -0.1) is 11.3 Å². The average molecular weight is 274 g/mol. The van der Waals surface area contributed by atoms with Crippen molar-refractivity contribution in [2.45, 2.75) is 6.04 Å². The minimum Gasteiger partial charge on any atom is -0.479 e. The van der Waals surface area contributed by atoms with Gasteiger partial charge in [0.1, 0.15) is 5.52 Å². The van der Waals surface area contributed by atoms with Crippen molar-refractivity contribution >= 4 is 28.6 Å². The maximum absolute atomic E-state index is 11.4. The molecule has 0 aliphatic rings. The molecule has 0 aliphatic carbocycles. The highest BCUT2D eigenvalue weighted by atomic mass is 32.1. The fraction of sp³-hybridized carbons (Fsp3) is 0.0833. The molecule has 1 atom stereocenters. The van der Waals surface area contributed by atoms with Crippen LogP contribution in [0.4, 0.5) is 5.82 Å². The first kappa shape index (κ1) is 11.7. The van der Waals surface area contributed by atoms with Crippen molar-refractivity contribution in [3.8, 4) is 0 Å². The molecule has 3 heterocycles. The summed E-state index contributed by atoms with van der Waals surface area (Å²) in [7, 11) is 0. The average Bonchev–Trinajstić information content (AvgIpc) is 3.06. The van der Waals surface area contributed by atoms with E-state index in [1.165, 1.54) is 11.3 Å². The molecule has 3 rings (SSSR count). The van der Waals surface area contributed by atoms with E-state index in [1.54, 1.807) is 35.2 Å². The molecule has 3 aromatic heterocycles. The maximum atomic E-state index is 11.4. The van der Waals surface area contributed by atoms with Crippen LogP contribution in [0.25, 0.3) is 5.52 Å². The van der Waals surface area contributed by atoms with Crippen LogP contribution in [0.3, 0.4) is 0 Å². The van der Waals surface area contributed by atoms with E-state index in [4.69, 9.17) is 0 Å². The van der Waals surface area contributed by atoms with E-state index in [9.17, 15) is 9.90 Å². The van der Waals surface area contributed by atoms with E-state index in [0.29, 0.717) is 5.82 Å². The van der Waals surface area contributed by atoms with Gasteiger partial charge >= 0.3 is 5.97 Å². The minimum absolute atomic E-state index is 0.501. The molecule has 0 bridgehead atoms. The first-order valence-electron chi connectivity index (χ1n) is 5.57. The molecule has 0 saturated carbocycles. The summed E-state index contributed by atoms with van der Waals surface area (Å²) in [5.74, 6) is -0.438. The second-order valence-electron chi connectivity index (χ2n) is 3.87. The lowest BCUT2D eigenvalue weighted by Gasteiger charge is -2.14. The molecule has 19 heavy (non-hydrogen) atoms. The van der Waals surface area contributed by atoms with Gasteiger partial charge in [0.05, 0.1) is 6.20 Å². The number of thiophene rings is 1. The molecule has 0 spiro atoms. The zero-order chi connectivity index (χ0) is 13.2. The van der Waals surface area contributed by atoms with Crippen molar-refractivity contribution in [3.05, 3.63) is 47.0 Å². The molecule has 3 aromatic rings. The number of hydrogen-bond donors (Lipinski definition) is 2.